The molecule has 4 heteroatoms. The molecular formula is C7H16N2O2. The first-order chi connectivity index (χ1) is 5.18. The fraction of sp³-hybridized carbons (Fsp3) is 0.857. The van der Waals surface area contributed by atoms with Crippen molar-refractivity contribution in [1.29, 1.82) is 0 Å². The molecule has 4 nitrogen and oxygen atoms in total. The number of hydrogen-bond acceptors (Lipinski definition) is 3. The molecule has 0 saturated heterocycles. The summed E-state index contributed by atoms with van der Waals surface area (Å²) in [6, 6.07) is -0.700. The number of nitrogens with two attached hydrogens (primary N) is 1. The van der Waals surface area contributed by atoms with Gasteiger partial charge in [-0.3, -0.25) is 4.79 Å². The van der Waals surface area contributed by atoms with Gasteiger partial charge in [0.1, 0.15) is 6.04 Å². The van der Waals surface area contributed by atoms with Crippen molar-refractivity contribution < 1.29 is 9.90 Å². The number of carboxylic acids is 1. The molecule has 0 bridgehead atoms. The molecule has 1 atom stereocenters. The van der Waals surface area contributed by atoms with Gasteiger partial charge in [0.15, 0.2) is 0 Å². The molecule has 0 radical (unpaired) electrons. The van der Waals surface area contributed by atoms with Crippen LogP contribution in [0, 0.1) is 0 Å². The Morgan fingerprint density at radius 3 is 2.82 bits per heavy atom. The van der Waals surface area contributed by atoms with Crippen molar-refractivity contribution in [2.24, 2.45) is 5.73 Å². The van der Waals surface area contributed by atoms with Gasteiger partial charge in [-0.05, 0) is 25.9 Å². The minimum atomic E-state index is -0.915. The quantitative estimate of drug-likeness (QED) is 0.470. The van der Waals surface area contributed by atoms with Crippen LogP contribution in [-0.4, -0.2) is 30.2 Å². The Hall–Kier alpha value is -0.610. The average Bonchev–Trinajstić information content (AvgIpc) is 1.97. The molecule has 0 aliphatic heterocycles. The second kappa shape index (κ2) is 6.12. The lowest BCUT2D eigenvalue weighted by Crippen LogP contribution is -2.30. The largest absolute Gasteiger partial charge is 0.480 e. The highest BCUT2D eigenvalue weighted by Gasteiger charge is 2.09. The molecule has 4 N–H and O–H groups in total. The number of rotatable bonds is 6. The molecule has 0 aromatic rings. The second-order valence-electron chi connectivity index (χ2n) is 2.44. The predicted molar refractivity (Wildman–Crippen MR) is 43.4 cm³/mol. The molecular weight excluding hydrogens is 144 g/mol. The van der Waals surface area contributed by atoms with E-state index in [2.05, 4.69) is 5.32 Å². The van der Waals surface area contributed by atoms with Crippen molar-refractivity contribution in [3.8, 4) is 0 Å². The van der Waals surface area contributed by atoms with E-state index in [1.54, 1.807) is 0 Å². The summed E-state index contributed by atoms with van der Waals surface area (Å²) < 4.78 is 0. The first-order valence-corrected chi connectivity index (χ1v) is 3.87. The Labute approximate surface area is 66.8 Å². The zero-order valence-corrected chi connectivity index (χ0v) is 6.84. The van der Waals surface area contributed by atoms with E-state index in [4.69, 9.17) is 10.8 Å². The smallest absolute Gasteiger partial charge is 0.320 e. The third-order valence-corrected chi connectivity index (χ3v) is 1.44. The van der Waals surface area contributed by atoms with E-state index >= 15 is 0 Å². The van der Waals surface area contributed by atoms with Crippen LogP contribution in [0.3, 0.4) is 0 Å². The van der Waals surface area contributed by atoms with Gasteiger partial charge in [-0.25, -0.2) is 0 Å². The van der Waals surface area contributed by atoms with Crippen LogP contribution >= 0.6 is 0 Å². The highest BCUT2D eigenvalue weighted by Crippen LogP contribution is 1.92. The summed E-state index contributed by atoms with van der Waals surface area (Å²) in [6.45, 7) is 3.77. The van der Waals surface area contributed by atoms with Gasteiger partial charge in [0.25, 0.3) is 0 Å². The van der Waals surface area contributed by atoms with E-state index in [0.717, 1.165) is 19.5 Å². The zero-order valence-electron chi connectivity index (χ0n) is 6.84. The number of aliphatic carboxylic acids is 1. The summed E-state index contributed by atoms with van der Waals surface area (Å²) in [6.07, 6.45) is 1.36. The SMILES string of the molecule is CCNCCCC(N)C(=O)O. The maximum absolute atomic E-state index is 10.2. The van der Waals surface area contributed by atoms with Crippen LogP contribution in [0.15, 0.2) is 0 Å². The lowest BCUT2D eigenvalue weighted by atomic mass is 10.2. The minimum absolute atomic E-state index is 0.544. The first-order valence-electron chi connectivity index (χ1n) is 3.87. The molecule has 0 aliphatic rings. The van der Waals surface area contributed by atoms with Crippen LogP contribution in [0.2, 0.25) is 0 Å². The number of carbonyl (C=O) groups is 1. The van der Waals surface area contributed by atoms with Crippen LogP contribution < -0.4 is 11.1 Å². The van der Waals surface area contributed by atoms with E-state index in [9.17, 15) is 4.79 Å². The van der Waals surface area contributed by atoms with E-state index < -0.39 is 12.0 Å². The fourth-order valence-electron chi connectivity index (χ4n) is 0.747. The molecule has 0 heterocycles. The van der Waals surface area contributed by atoms with Gasteiger partial charge in [-0.1, -0.05) is 6.92 Å². The Morgan fingerprint density at radius 2 is 2.36 bits per heavy atom. The molecule has 1 unspecified atom stereocenters. The first kappa shape index (κ1) is 10.4. The van der Waals surface area contributed by atoms with Crippen LogP contribution in [0.4, 0.5) is 0 Å². The van der Waals surface area contributed by atoms with Crippen molar-refractivity contribution in [2.75, 3.05) is 13.1 Å². The number of hydrogen-bond donors (Lipinski definition) is 3. The van der Waals surface area contributed by atoms with Crippen LogP contribution in [0.25, 0.3) is 0 Å². The Bertz CT molecular complexity index is 117. The molecule has 66 valence electrons. The van der Waals surface area contributed by atoms with Crippen molar-refractivity contribution in [2.45, 2.75) is 25.8 Å². The van der Waals surface area contributed by atoms with Gasteiger partial charge >= 0.3 is 5.97 Å². The highest BCUT2D eigenvalue weighted by atomic mass is 16.4. The monoisotopic (exact) mass is 160 g/mol. The van der Waals surface area contributed by atoms with E-state index in [1.165, 1.54) is 0 Å². The van der Waals surface area contributed by atoms with Crippen LogP contribution in [0.1, 0.15) is 19.8 Å². The summed E-state index contributed by atoms with van der Waals surface area (Å²) >= 11 is 0. The third kappa shape index (κ3) is 5.82. The van der Waals surface area contributed by atoms with Gasteiger partial charge in [-0.15, -0.1) is 0 Å². The lowest BCUT2D eigenvalue weighted by molar-refractivity contribution is -0.138. The molecule has 0 rings (SSSR count). The van der Waals surface area contributed by atoms with Gasteiger partial charge in [0.2, 0.25) is 0 Å². The third-order valence-electron chi connectivity index (χ3n) is 1.44. The molecule has 0 fully saturated rings. The van der Waals surface area contributed by atoms with Crippen LogP contribution in [-0.2, 0) is 4.79 Å². The molecule has 0 aromatic carbocycles. The summed E-state index contributed by atoms with van der Waals surface area (Å²) in [5.41, 5.74) is 5.27. The molecule has 0 amide bonds. The lowest BCUT2D eigenvalue weighted by Gasteiger charge is -2.05. The second-order valence-corrected chi connectivity index (χ2v) is 2.44. The van der Waals surface area contributed by atoms with Crippen LogP contribution in [0.5, 0.6) is 0 Å². The van der Waals surface area contributed by atoms with Crippen molar-refractivity contribution in [3.63, 3.8) is 0 Å². The summed E-state index contributed by atoms with van der Waals surface area (Å²) in [4.78, 5) is 10.2. The molecule has 11 heavy (non-hydrogen) atoms. The summed E-state index contributed by atoms with van der Waals surface area (Å²) in [5, 5.41) is 11.5. The minimum Gasteiger partial charge on any atom is -0.480 e. The normalized spacial score (nSPS) is 12.9. The van der Waals surface area contributed by atoms with Crippen molar-refractivity contribution in [1.82, 2.24) is 5.32 Å². The topological polar surface area (TPSA) is 75.3 Å². The Kier molecular flexibility index (Phi) is 5.78. The van der Waals surface area contributed by atoms with Gasteiger partial charge < -0.3 is 16.2 Å². The average molecular weight is 160 g/mol. The van der Waals surface area contributed by atoms with Gasteiger partial charge in [-0.2, -0.15) is 0 Å². The predicted octanol–water partition coefficient (Wildman–Crippen LogP) is -0.212. The van der Waals surface area contributed by atoms with Gasteiger partial charge in [0, 0.05) is 0 Å². The number of carboxylic acid groups (broad SMARTS) is 1. The number of nitrogens with one attached hydrogen (secondary N) is 1. The molecule has 0 spiro atoms. The molecule has 0 saturated carbocycles. The fourth-order valence-corrected chi connectivity index (χ4v) is 0.747. The molecule has 0 aliphatic carbocycles. The Morgan fingerprint density at radius 1 is 1.73 bits per heavy atom. The van der Waals surface area contributed by atoms with Crippen molar-refractivity contribution >= 4 is 5.97 Å². The Balaban J connectivity index is 3.17. The summed E-state index contributed by atoms with van der Waals surface area (Å²) in [5.74, 6) is -0.915. The standard InChI is InChI=1S/C7H16N2O2/c1-2-9-5-3-4-6(8)7(10)11/h6,9H,2-5,8H2,1H3,(H,10,11). The summed E-state index contributed by atoms with van der Waals surface area (Å²) in [7, 11) is 0. The maximum Gasteiger partial charge on any atom is 0.320 e. The zero-order chi connectivity index (χ0) is 8.69. The van der Waals surface area contributed by atoms with E-state index in [1.807, 2.05) is 6.92 Å². The van der Waals surface area contributed by atoms with E-state index in [-0.39, 0.29) is 0 Å². The highest BCUT2D eigenvalue weighted by molar-refractivity contribution is 5.72. The maximum atomic E-state index is 10.2. The van der Waals surface area contributed by atoms with E-state index in [0.29, 0.717) is 6.42 Å². The van der Waals surface area contributed by atoms with Crippen molar-refractivity contribution in [3.05, 3.63) is 0 Å². The molecule has 0 aromatic heterocycles. The van der Waals surface area contributed by atoms with Gasteiger partial charge in [0.05, 0.1) is 0 Å².